The van der Waals surface area contributed by atoms with Crippen LogP contribution in [0, 0.1) is 0 Å². The molecule has 0 radical (unpaired) electrons. The topological polar surface area (TPSA) is 89.1 Å². The predicted molar refractivity (Wildman–Crippen MR) is 102 cm³/mol. The fourth-order valence-electron chi connectivity index (χ4n) is 2.56. The molecule has 0 aromatic heterocycles. The first-order valence-corrected chi connectivity index (χ1v) is 9.06. The van der Waals surface area contributed by atoms with Crippen molar-refractivity contribution in [3.63, 3.8) is 0 Å². The average molecular weight is 351 g/mol. The number of ether oxygens (including phenoxy) is 2. The van der Waals surface area contributed by atoms with Crippen molar-refractivity contribution in [2.45, 2.75) is 51.6 Å². The van der Waals surface area contributed by atoms with Gasteiger partial charge in [0.25, 0.3) is 0 Å². The van der Waals surface area contributed by atoms with Crippen LogP contribution < -0.4 is 20.5 Å². The Kier molecular flexibility index (Phi) is 10.5. The van der Waals surface area contributed by atoms with Gasteiger partial charge in [0.05, 0.1) is 20.8 Å². The van der Waals surface area contributed by atoms with E-state index in [0.717, 1.165) is 13.0 Å². The number of hydrogen-bond donors (Lipinski definition) is 3. The minimum atomic E-state index is -0.806. The predicted octanol–water partition coefficient (Wildman–Crippen LogP) is 3.00. The first-order valence-electron chi connectivity index (χ1n) is 9.06. The Morgan fingerprint density at radius 1 is 1.16 bits per heavy atom. The molecule has 25 heavy (non-hydrogen) atoms. The Morgan fingerprint density at radius 3 is 2.56 bits per heavy atom. The van der Waals surface area contributed by atoms with E-state index >= 15 is 0 Å². The van der Waals surface area contributed by atoms with Gasteiger partial charge in [-0.15, -0.1) is 0 Å². The summed E-state index contributed by atoms with van der Waals surface area (Å²) in [6, 6.07) is 5.30. The summed E-state index contributed by atoms with van der Waals surface area (Å²) in [7, 11) is 3.15. The van der Waals surface area contributed by atoms with E-state index in [4.69, 9.17) is 15.2 Å². The number of aliphatic hydroxyl groups is 1. The molecule has 1 atom stereocenters. The Morgan fingerprint density at radius 2 is 1.88 bits per heavy atom. The first-order chi connectivity index (χ1) is 12.1. The lowest BCUT2D eigenvalue weighted by Gasteiger charge is -2.15. The zero-order valence-corrected chi connectivity index (χ0v) is 15.8. The summed E-state index contributed by atoms with van der Waals surface area (Å²) in [5, 5.41) is 13.5. The van der Waals surface area contributed by atoms with Crippen molar-refractivity contribution in [2.24, 2.45) is 10.7 Å². The molecule has 1 unspecified atom stereocenters. The van der Waals surface area contributed by atoms with Gasteiger partial charge in [0.15, 0.2) is 5.96 Å². The van der Waals surface area contributed by atoms with Crippen LogP contribution in [0.4, 0.5) is 0 Å². The molecule has 0 amide bonds. The number of aliphatic imine (C=N–C) groups is 1. The number of methoxy groups -OCH3 is 2. The number of rotatable bonds is 12. The number of nitrogens with zero attached hydrogens (tertiary/aromatic N) is 1. The molecule has 142 valence electrons. The number of unbranched alkanes of at least 4 members (excludes halogenated alkanes) is 5. The van der Waals surface area contributed by atoms with Crippen molar-refractivity contribution in [2.75, 3.05) is 27.3 Å². The second kappa shape index (κ2) is 12.4. The summed E-state index contributed by atoms with van der Waals surface area (Å²) in [6.07, 6.45) is 6.60. The van der Waals surface area contributed by atoms with Crippen LogP contribution in [0.1, 0.15) is 57.1 Å². The smallest absolute Gasteiger partial charge is 0.188 e. The van der Waals surface area contributed by atoms with Crippen LogP contribution in [-0.2, 0) is 0 Å². The minimum absolute atomic E-state index is 0.166. The Hall–Kier alpha value is -1.95. The van der Waals surface area contributed by atoms with Crippen molar-refractivity contribution in [3.8, 4) is 11.5 Å². The van der Waals surface area contributed by atoms with Crippen molar-refractivity contribution >= 4 is 5.96 Å². The molecule has 0 heterocycles. The SMILES string of the molecule is CCCCCCCCNC(N)=NCC(O)c1cc(OC)ccc1OC. The summed E-state index contributed by atoms with van der Waals surface area (Å²) >= 11 is 0. The van der Waals surface area contributed by atoms with Crippen LogP contribution in [0.5, 0.6) is 11.5 Å². The number of hydrogen-bond acceptors (Lipinski definition) is 4. The maximum absolute atomic E-state index is 10.4. The molecule has 1 aromatic rings. The highest BCUT2D eigenvalue weighted by Gasteiger charge is 2.14. The van der Waals surface area contributed by atoms with Crippen LogP contribution in [-0.4, -0.2) is 38.4 Å². The van der Waals surface area contributed by atoms with Crippen molar-refractivity contribution in [1.82, 2.24) is 5.32 Å². The quantitative estimate of drug-likeness (QED) is 0.306. The molecule has 6 heteroatoms. The molecule has 4 N–H and O–H groups in total. The van der Waals surface area contributed by atoms with Gasteiger partial charge in [-0.2, -0.15) is 0 Å². The fourth-order valence-corrected chi connectivity index (χ4v) is 2.56. The second-order valence-corrected chi connectivity index (χ2v) is 6.04. The lowest BCUT2D eigenvalue weighted by atomic mass is 10.1. The third-order valence-electron chi connectivity index (χ3n) is 4.07. The summed E-state index contributed by atoms with van der Waals surface area (Å²) in [6.45, 7) is 3.19. The molecule has 0 saturated carbocycles. The van der Waals surface area contributed by atoms with E-state index in [9.17, 15) is 5.11 Å². The fraction of sp³-hybridized carbons (Fsp3) is 0.632. The number of aliphatic hydroxyl groups excluding tert-OH is 1. The summed E-state index contributed by atoms with van der Waals surface area (Å²) in [5.41, 5.74) is 6.49. The lowest BCUT2D eigenvalue weighted by Crippen LogP contribution is -2.32. The molecule has 0 bridgehead atoms. The molecule has 0 spiro atoms. The zero-order chi connectivity index (χ0) is 18.5. The Balaban J connectivity index is 2.41. The Labute approximate surface area is 151 Å². The van der Waals surface area contributed by atoms with Gasteiger partial charge in [-0.25, -0.2) is 0 Å². The molecule has 1 aromatic carbocycles. The van der Waals surface area contributed by atoms with Crippen molar-refractivity contribution in [3.05, 3.63) is 23.8 Å². The van der Waals surface area contributed by atoms with E-state index < -0.39 is 6.10 Å². The van der Waals surface area contributed by atoms with E-state index in [1.165, 1.54) is 32.1 Å². The van der Waals surface area contributed by atoms with Gasteiger partial charge in [-0.3, -0.25) is 4.99 Å². The maximum Gasteiger partial charge on any atom is 0.188 e. The van der Waals surface area contributed by atoms with Crippen molar-refractivity contribution in [1.29, 1.82) is 0 Å². The van der Waals surface area contributed by atoms with Gasteiger partial charge in [0.1, 0.15) is 17.6 Å². The molecule has 0 aliphatic heterocycles. The highest BCUT2D eigenvalue weighted by atomic mass is 16.5. The molecule has 0 saturated heterocycles. The van der Waals surface area contributed by atoms with Gasteiger partial charge in [0.2, 0.25) is 0 Å². The number of benzene rings is 1. The molecule has 0 aliphatic carbocycles. The first kappa shape index (κ1) is 21.1. The standard InChI is InChI=1S/C19H33N3O3/c1-4-5-6-7-8-9-12-21-19(20)22-14-17(23)16-13-15(24-2)10-11-18(16)25-3/h10-11,13,17,23H,4-9,12,14H2,1-3H3,(H3,20,21,22). The highest BCUT2D eigenvalue weighted by molar-refractivity contribution is 5.77. The largest absolute Gasteiger partial charge is 0.497 e. The second-order valence-electron chi connectivity index (χ2n) is 6.04. The van der Waals surface area contributed by atoms with E-state index in [1.807, 2.05) is 0 Å². The summed E-state index contributed by atoms with van der Waals surface area (Å²) in [5.74, 6) is 1.62. The molecule has 6 nitrogen and oxygen atoms in total. The van der Waals surface area contributed by atoms with Crippen LogP contribution in [0.25, 0.3) is 0 Å². The van der Waals surface area contributed by atoms with Crippen LogP contribution in [0.3, 0.4) is 0 Å². The van der Waals surface area contributed by atoms with Gasteiger partial charge >= 0.3 is 0 Å². The van der Waals surface area contributed by atoms with E-state index in [2.05, 4.69) is 17.2 Å². The zero-order valence-electron chi connectivity index (χ0n) is 15.8. The lowest BCUT2D eigenvalue weighted by molar-refractivity contribution is 0.182. The van der Waals surface area contributed by atoms with Gasteiger partial charge in [-0.05, 0) is 24.6 Å². The van der Waals surface area contributed by atoms with E-state index in [1.54, 1.807) is 32.4 Å². The highest BCUT2D eigenvalue weighted by Crippen LogP contribution is 2.29. The monoisotopic (exact) mass is 351 g/mol. The minimum Gasteiger partial charge on any atom is -0.497 e. The summed E-state index contributed by atoms with van der Waals surface area (Å²) in [4.78, 5) is 4.22. The number of nitrogens with one attached hydrogen (secondary N) is 1. The Bertz CT molecular complexity index is 521. The number of guanidine groups is 1. The van der Waals surface area contributed by atoms with Gasteiger partial charge < -0.3 is 25.6 Å². The van der Waals surface area contributed by atoms with Crippen LogP contribution in [0.2, 0.25) is 0 Å². The van der Waals surface area contributed by atoms with Crippen molar-refractivity contribution < 1.29 is 14.6 Å². The van der Waals surface area contributed by atoms with Gasteiger partial charge in [0, 0.05) is 12.1 Å². The van der Waals surface area contributed by atoms with Crippen LogP contribution >= 0.6 is 0 Å². The third kappa shape index (κ3) is 8.12. The average Bonchev–Trinajstić information content (AvgIpc) is 2.64. The normalized spacial score (nSPS) is 12.7. The summed E-state index contributed by atoms with van der Waals surface area (Å²) < 4.78 is 10.5. The molecular formula is C19H33N3O3. The number of nitrogens with two attached hydrogens (primary N) is 1. The van der Waals surface area contributed by atoms with Gasteiger partial charge in [-0.1, -0.05) is 39.0 Å². The van der Waals surface area contributed by atoms with E-state index in [0.29, 0.717) is 23.0 Å². The molecule has 1 rings (SSSR count). The maximum atomic E-state index is 10.4. The van der Waals surface area contributed by atoms with E-state index in [-0.39, 0.29) is 6.54 Å². The molecule has 0 fully saturated rings. The third-order valence-corrected chi connectivity index (χ3v) is 4.07. The molecule has 0 aliphatic rings. The molecular weight excluding hydrogens is 318 g/mol. The van der Waals surface area contributed by atoms with Crippen LogP contribution in [0.15, 0.2) is 23.2 Å².